The minimum Gasteiger partial charge on any atom is -0.444 e. The fourth-order valence-electron chi connectivity index (χ4n) is 3.02. The highest BCUT2D eigenvalue weighted by atomic mass is 31.1. The van der Waals surface area contributed by atoms with Crippen LogP contribution in [0.5, 0.6) is 0 Å². The second-order valence-electron chi connectivity index (χ2n) is 8.50. The van der Waals surface area contributed by atoms with Gasteiger partial charge in [0, 0.05) is 0 Å². The summed E-state index contributed by atoms with van der Waals surface area (Å²) in [5.41, 5.74) is 1.75. The molecule has 170 valence electrons. The van der Waals surface area contributed by atoms with E-state index in [1.165, 1.54) is 44.1 Å². The summed E-state index contributed by atoms with van der Waals surface area (Å²) < 4.78 is 20.7. The molecule has 7 heteroatoms. The van der Waals surface area contributed by atoms with Crippen LogP contribution in [0.3, 0.4) is 0 Å². The van der Waals surface area contributed by atoms with Crippen molar-refractivity contribution < 1.29 is 23.5 Å². The molecule has 0 bridgehead atoms. The molecular weight excluding hydrogens is 401 g/mol. The number of hydrogen-bond donors (Lipinski definition) is 2. The van der Waals surface area contributed by atoms with Gasteiger partial charge in [-0.05, 0) is 57.2 Å². The fourth-order valence-corrected chi connectivity index (χ4v) is 3.22. The van der Waals surface area contributed by atoms with Gasteiger partial charge in [-0.1, -0.05) is 63.3 Å². The number of benzene rings is 1. The van der Waals surface area contributed by atoms with Crippen molar-refractivity contribution >= 4 is 14.3 Å². The molecule has 0 spiro atoms. The molecule has 0 aliphatic heterocycles. The standard InChI is InChI=1S/C23H38NO5P/c1-5-6-7-8-9-10-11-19-12-14-20(15-13-19)18-21(16-17-28-30(26)27)24-22(25)29-23(2,3)4/h12-17,21,30H,5-11,18H2,1-4H3,(H,24,25)(H,26,27)/b17-16+. The van der Waals surface area contributed by atoms with Crippen LogP contribution in [0.2, 0.25) is 0 Å². The number of nitrogens with one attached hydrogen (secondary N) is 1. The van der Waals surface area contributed by atoms with Gasteiger partial charge in [0.25, 0.3) is 0 Å². The third kappa shape index (κ3) is 13.4. The van der Waals surface area contributed by atoms with Crippen molar-refractivity contribution in [1.29, 1.82) is 0 Å². The summed E-state index contributed by atoms with van der Waals surface area (Å²) in [6.45, 7) is 7.61. The Morgan fingerprint density at radius 1 is 1.10 bits per heavy atom. The largest absolute Gasteiger partial charge is 0.444 e. The molecule has 1 amide bonds. The number of amides is 1. The third-order valence-corrected chi connectivity index (χ3v) is 4.82. The molecule has 30 heavy (non-hydrogen) atoms. The van der Waals surface area contributed by atoms with Gasteiger partial charge in [0.1, 0.15) is 5.60 Å². The van der Waals surface area contributed by atoms with Crippen molar-refractivity contribution in [2.45, 2.75) is 90.7 Å². The lowest BCUT2D eigenvalue weighted by atomic mass is 10.0. The molecular formula is C23H38NO5P. The van der Waals surface area contributed by atoms with E-state index in [1.807, 2.05) is 0 Å². The van der Waals surface area contributed by atoms with Crippen LogP contribution in [-0.2, 0) is 26.7 Å². The van der Waals surface area contributed by atoms with Gasteiger partial charge in [-0.2, -0.15) is 0 Å². The lowest BCUT2D eigenvalue weighted by Gasteiger charge is -2.22. The first-order valence-electron chi connectivity index (χ1n) is 10.8. The second kappa shape index (κ2) is 14.3. The average Bonchev–Trinajstić information content (AvgIpc) is 2.64. The SMILES string of the molecule is CCCCCCCCc1ccc(CC(/C=C/O[PH](=O)O)NC(=O)OC(C)(C)C)cc1. The number of aryl methyl sites for hydroxylation is 1. The molecule has 0 fully saturated rings. The molecule has 0 aromatic heterocycles. The Hall–Kier alpha value is -1.78. The highest BCUT2D eigenvalue weighted by Gasteiger charge is 2.18. The molecule has 1 rings (SSSR count). The molecule has 2 N–H and O–H groups in total. The van der Waals surface area contributed by atoms with Crippen LogP contribution in [0, 0.1) is 0 Å². The van der Waals surface area contributed by atoms with Gasteiger partial charge < -0.3 is 19.5 Å². The average molecular weight is 440 g/mol. The second-order valence-corrected chi connectivity index (χ2v) is 9.27. The number of rotatable bonds is 13. The zero-order valence-corrected chi connectivity index (χ0v) is 19.8. The summed E-state index contributed by atoms with van der Waals surface area (Å²) in [6.07, 6.45) is 11.4. The summed E-state index contributed by atoms with van der Waals surface area (Å²) >= 11 is 0. The number of carbonyl (C=O) groups excluding carboxylic acids is 1. The Balaban J connectivity index is 2.61. The summed E-state index contributed by atoms with van der Waals surface area (Å²) in [5, 5.41) is 2.77. The van der Waals surface area contributed by atoms with E-state index < -0.39 is 26.0 Å². The van der Waals surface area contributed by atoms with Crippen LogP contribution in [-0.4, -0.2) is 22.6 Å². The van der Waals surface area contributed by atoms with E-state index in [1.54, 1.807) is 26.8 Å². The molecule has 0 heterocycles. The Bertz CT molecular complexity index is 667. The van der Waals surface area contributed by atoms with E-state index in [0.29, 0.717) is 6.42 Å². The summed E-state index contributed by atoms with van der Waals surface area (Å²) in [4.78, 5) is 20.9. The van der Waals surface area contributed by atoms with Crippen LogP contribution in [0.25, 0.3) is 0 Å². The number of unbranched alkanes of at least 4 members (excludes halogenated alkanes) is 5. The van der Waals surface area contributed by atoms with Crippen LogP contribution < -0.4 is 5.32 Å². The zero-order chi connectivity index (χ0) is 22.4. The zero-order valence-electron chi connectivity index (χ0n) is 18.8. The van der Waals surface area contributed by atoms with Crippen molar-refractivity contribution in [3.63, 3.8) is 0 Å². The molecule has 6 nitrogen and oxygen atoms in total. The van der Waals surface area contributed by atoms with E-state index in [0.717, 1.165) is 18.2 Å². The first kappa shape index (κ1) is 26.3. The highest BCUT2D eigenvalue weighted by Crippen LogP contribution is 2.16. The maximum atomic E-state index is 12.1. The van der Waals surface area contributed by atoms with Gasteiger partial charge in [0.05, 0.1) is 12.3 Å². The van der Waals surface area contributed by atoms with Gasteiger partial charge >= 0.3 is 14.3 Å². The first-order chi connectivity index (χ1) is 14.2. The van der Waals surface area contributed by atoms with Gasteiger partial charge in [-0.25, -0.2) is 9.36 Å². The maximum absolute atomic E-state index is 12.1. The molecule has 0 saturated heterocycles. The summed E-state index contributed by atoms with van der Waals surface area (Å²) in [5.74, 6) is 0. The first-order valence-corrected chi connectivity index (χ1v) is 12.1. The summed E-state index contributed by atoms with van der Waals surface area (Å²) in [6, 6.07) is 7.93. The Labute approximate surface area is 182 Å². The lowest BCUT2D eigenvalue weighted by Crippen LogP contribution is -2.39. The Kier molecular flexibility index (Phi) is 12.5. The minimum atomic E-state index is -3.06. The Morgan fingerprint density at radius 2 is 1.70 bits per heavy atom. The number of ether oxygens (including phenoxy) is 1. The van der Waals surface area contributed by atoms with E-state index in [-0.39, 0.29) is 0 Å². The number of alkyl carbamates (subject to hydrolysis) is 1. The highest BCUT2D eigenvalue weighted by molar-refractivity contribution is 7.32. The molecule has 0 aliphatic carbocycles. The molecule has 2 unspecified atom stereocenters. The predicted molar refractivity (Wildman–Crippen MR) is 122 cm³/mol. The van der Waals surface area contributed by atoms with E-state index in [4.69, 9.17) is 9.63 Å². The lowest BCUT2D eigenvalue weighted by molar-refractivity contribution is 0.0514. The quantitative estimate of drug-likeness (QED) is 0.226. The molecule has 1 aromatic carbocycles. The number of carbonyl (C=O) groups is 1. The maximum Gasteiger partial charge on any atom is 0.408 e. The van der Waals surface area contributed by atoms with Crippen LogP contribution >= 0.6 is 8.25 Å². The van der Waals surface area contributed by atoms with Crippen LogP contribution in [0.15, 0.2) is 36.6 Å². The number of hydrogen-bond acceptors (Lipinski definition) is 4. The Morgan fingerprint density at radius 3 is 2.30 bits per heavy atom. The van der Waals surface area contributed by atoms with Gasteiger partial charge in [0.2, 0.25) is 0 Å². The van der Waals surface area contributed by atoms with Crippen LogP contribution in [0.1, 0.15) is 77.3 Å². The normalized spacial score (nSPS) is 13.8. The van der Waals surface area contributed by atoms with Gasteiger partial charge in [0.15, 0.2) is 0 Å². The molecule has 2 atom stereocenters. The topological polar surface area (TPSA) is 84.9 Å². The van der Waals surface area contributed by atoms with Gasteiger partial charge in [-0.15, -0.1) is 0 Å². The monoisotopic (exact) mass is 439 g/mol. The fraction of sp³-hybridized carbons (Fsp3) is 0.609. The minimum absolute atomic E-state index is 0.425. The van der Waals surface area contributed by atoms with Crippen molar-refractivity contribution in [3.05, 3.63) is 47.7 Å². The summed E-state index contributed by atoms with van der Waals surface area (Å²) in [7, 11) is -3.06. The van der Waals surface area contributed by atoms with Crippen molar-refractivity contribution in [3.8, 4) is 0 Å². The predicted octanol–water partition coefficient (Wildman–Crippen LogP) is 5.94. The van der Waals surface area contributed by atoms with Crippen molar-refractivity contribution in [1.82, 2.24) is 5.32 Å². The van der Waals surface area contributed by atoms with Crippen molar-refractivity contribution in [2.75, 3.05) is 0 Å². The molecule has 0 aliphatic rings. The molecule has 1 aromatic rings. The molecule has 0 saturated carbocycles. The van der Waals surface area contributed by atoms with Crippen molar-refractivity contribution in [2.24, 2.45) is 0 Å². The molecule has 0 radical (unpaired) electrons. The van der Waals surface area contributed by atoms with Gasteiger partial charge in [-0.3, -0.25) is 0 Å². The smallest absolute Gasteiger partial charge is 0.408 e. The van der Waals surface area contributed by atoms with Crippen LogP contribution in [0.4, 0.5) is 4.79 Å². The van der Waals surface area contributed by atoms with E-state index in [2.05, 4.69) is 41.0 Å². The van der Waals surface area contributed by atoms with E-state index >= 15 is 0 Å². The third-order valence-electron chi connectivity index (χ3n) is 4.48. The van der Waals surface area contributed by atoms with E-state index in [9.17, 15) is 9.36 Å².